The first-order chi connectivity index (χ1) is 19.8. The van der Waals surface area contributed by atoms with Gasteiger partial charge in [0.15, 0.2) is 0 Å². The monoisotopic (exact) mass is 575 g/mol. The van der Waals surface area contributed by atoms with Crippen LogP contribution in [0.4, 0.5) is 5.69 Å². The summed E-state index contributed by atoms with van der Waals surface area (Å²) in [5.41, 5.74) is 4.34. The van der Waals surface area contributed by atoms with E-state index < -0.39 is 10.0 Å². The summed E-state index contributed by atoms with van der Waals surface area (Å²) in [5.74, 6) is 1.56. The van der Waals surface area contributed by atoms with Gasteiger partial charge in [0.1, 0.15) is 5.75 Å². The van der Waals surface area contributed by atoms with Crippen LogP contribution in [0.3, 0.4) is 0 Å². The van der Waals surface area contributed by atoms with Gasteiger partial charge in [0, 0.05) is 42.7 Å². The summed E-state index contributed by atoms with van der Waals surface area (Å²) in [6.07, 6.45) is 6.26. The van der Waals surface area contributed by atoms with Gasteiger partial charge in [-0.3, -0.25) is 9.21 Å². The molecule has 0 aliphatic carbocycles. The third-order valence-electron chi connectivity index (χ3n) is 8.82. The third-order valence-corrected chi connectivity index (χ3v) is 10.2. The highest BCUT2D eigenvalue weighted by Gasteiger charge is 2.46. The van der Waals surface area contributed by atoms with Crippen molar-refractivity contribution < 1.29 is 13.2 Å². The third kappa shape index (κ3) is 6.63. The van der Waals surface area contributed by atoms with Crippen molar-refractivity contribution in [2.24, 2.45) is 5.92 Å². The Labute approximate surface area is 246 Å². The zero-order chi connectivity index (χ0) is 29.0. The number of anilines is 1. The van der Waals surface area contributed by atoms with Crippen LogP contribution in [0.5, 0.6) is 5.75 Å². The number of fused-ring (bicyclic) bond motifs is 2. The predicted molar refractivity (Wildman–Crippen MR) is 168 cm³/mol. The van der Waals surface area contributed by atoms with Gasteiger partial charge in [-0.25, -0.2) is 8.42 Å². The molecule has 2 bridgehead atoms. The van der Waals surface area contributed by atoms with Gasteiger partial charge in [-0.15, -0.1) is 0 Å². The van der Waals surface area contributed by atoms with E-state index in [1.54, 1.807) is 7.11 Å². The molecular weight excluding hydrogens is 530 g/mol. The number of methoxy groups -OCH3 is 1. The summed E-state index contributed by atoms with van der Waals surface area (Å²) in [4.78, 5) is 2.74. The van der Waals surface area contributed by atoms with Gasteiger partial charge in [-0.05, 0) is 68.5 Å². The zero-order valence-electron chi connectivity index (χ0n) is 24.9. The van der Waals surface area contributed by atoms with Gasteiger partial charge in [-0.2, -0.15) is 0 Å². The van der Waals surface area contributed by atoms with E-state index in [9.17, 15) is 8.42 Å². The van der Waals surface area contributed by atoms with E-state index in [4.69, 9.17) is 4.74 Å². The van der Waals surface area contributed by atoms with Crippen molar-refractivity contribution in [1.82, 2.24) is 10.2 Å². The highest BCUT2D eigenvalue weighted by atomic mass is 32.2. The summed E-state index contributed by atoms with van der Waals surface area (Å²) < 4.78 is 32.6. The number of nitrogens with one attached hydrogen (secondary N) is 1. The molecule has 0 saturated carbocycles. The van der Waals surface area contributed by atoms with Crippen molar-refractivity contribution in [1.29, 1.82) is 0 Å². The second kappa shape index (κ2) is 13.0. The van der Waals surface area contributed by atoms with E-state index in [0.29, 0.717) is 24.2 Å². The molecule has 41 heavy (non-hydrogen) atoms. The van der Waals surface area contributed by atoms with Crippen molar-refractivity contribution in [2.75, 3.05) is 30.8 Å². The number of hydrogen-bond acceptors (Lipinski definition) is 5. The normalized spacial score (nSPS) is 22.9. The summed E-state index contributed by atoms with van der Waals surface area (Å²) in [6, 6.07) is 28.0. The Kier molecular flexibility index (Phi) is 9.37. The van der Waals surface area contributed by atoms with Gasteiger partial charge in [-0.1, -0.05) is 73.5 Å². The van der Waals surface area contributed by atoms with E-state index >= 15 is 0 Å². The Bertz CT molecular complexity index is 1340. The molecule has 220 valence electrons. The maximum Gasteiger partial charge on any atom is 0.232 e. The Balaban J connectivity index is 1.52. The topological polar surface area (TPSA) is 61.9 Å². The van der Waals surface area contributed by atoms with Crippen molar-refractivity contribution in [3.63, 3.8) is 0 Å². The molecule has 2 heterocycles. The fourth-order valence-electron chi connectivity index (χ4n) is 7.21. The van der Waals surface area contributed by atoms with Crippen LogP contribution in [0, 0.1) is 5.92 Å². The molecule has 2 saturated heterocycles. The lowest BCUT2D eigenvalue weighted by molar-refractivity contribution is 0.209. The minimum atomic E-state index is -3.42. The van der Waals surface area contributed by atoms with E-state index in [2.05, 4.69) is 70.9 Å². The molecule has 7 heteroatoms. The standard InChI is InChI=1S/C34H45N3O3S/c1-25(2)37(41(4,38)39)30-19-20-31(40-3)29(22-30)23-35-33-28-18-12-7-13-21-36(24-28)34(33)32(26-14-8-5-9-15-26)27-16-10-6-11-17-27/h5-6,8-11,14-17,19-20,22,25,28,32-35H,7,12-13,18,21,23-24H2,1-4H3. The Morgan fingerprint density at radius 3 is 2.20 bits per heavy atom. The SMILES string of the molecule is COc1ccc(N(C(C)C)S(C)(=O)=O)cc1CNC1C2CCCCCN(C2)C1C(c1ccccc1)c1ccccc1. The number of hydrogen-bond donors (Lipinski definition) is 1. The van der Waals surface area contributed by atoms with Gasteiger partial charge in [0.2, 0.25) is 10.0 Å². The van der Waals surface area contributed by atoms with Crippen molar-refractivity contribution in [2.45, 2.75) is 70.1 Å². The highest BCUT2D eigenvalue weighted by Crippen LogP contribution is 2.41. The summed E-state index contributed by atoms with van der Waals surface area (Å²) >= 11 is 0. The Morgan fingerprint density at radius 1 is 0.951 bits per heavy atom. The molecule has 4 unspecified atom stereocenters. The van der Waals surface area contributed by atoms with E-state index in [1.165, 1.54) is 47.4 Å². The van der Waals surface area contributed by atoms with Crippen molar-refractivity contribution >= 4 is 15.7 Å². The number of benzene rings is 3. The fraction of sp³-hybridized carbons (Fsp3) is 0.471. The molecule has 2 fully saturated rings. The van der Waals surface area contributed by atoms with Crippen LogP contribution in [0.2, 0.25) is 0 Å². The number of nitrogens with zero attached hydrogens (tertiary/aromatic N) is 2. The fourth-order valence-corrected chi connectivity index (χ4v) is 8.47. The predicted octanol–water partition coefficient (Wildman–Crippen LogP) is 6.03. The largest absolute Gasteiger partial charge is 0.496 e. The second-order valence-corrected chi connectivity index (χ2v) is 13.8. The molecule has 0 spiro atoms. The first-order valence-corrected chi connectivity index (χ1v) is 16.9. The average Bonchev–Trinajstić information content (AvgIpc) is 3.30. The quantitative estimate of drug-likeness (QED) is 0.320. The molecule has 3 aromatic rings. The number of sulfonamides is 1. The highest BCUT2D eigenvalue weighted by molar-refractivity contribution is 7.92. The molecule has 2 aliphatic heterocycles. The minimum absolute atomic E-state index is 0.185. The van der Waals surface area contributed by atoms with Gasteiger partial charge < -0.3 is 10.1 Å². The van der Waals surface area contributed by atoms with Crippen LogP contribution in [-0.2, 0) is 16.6 Å². The smallest absolute Gasteiger partial charge is 0.232 e. The lowest BCUT2D eigenvalue weighted by Gasteiger charge is -2.36. The van der Waals surface area contributed by atoms with Crippen LogP contribution >= 0.6 is 0 Å². The lowest BCUT2D eigenvalue weighted by atomic mass is 9.79. The molecule has 1 N–H and O–H groups in total. The molecule has 2 aliphatic rings. The molecule has 0 aromatic heterocycles. The van der Waals surface area contributed by atoms with E-state index in [1.807, 2.05) is 32.0 Å². The average molecular weight is 576 g/mol. The maximum atomic E-state index is 12.7. The molecule has 6 nitrogen and oxygen atoms in total. The second-order valence-electron chi connectivity index (χ2n) is 11.9. The Hall–Kier alpha value is -2.87. The van der Waals surface area contributed by atoms with Crippen LogP contribution in [-0.4, -0.2) is 57.9 Å². The van der Waals surface area contributed by atoms with Gasteiger partial charge >= 0.3 is 0 Å². The van der Waals surface area contributed by atoms with Crippen LogP contribution in [0.1, 0.15) is 62.1 Å². The summed E-state index contributed by atoms with van der Waals surface area (Å²) in [7, 11) is -1.74. The molecule has 0 radical (unpaired) electrons. The summed E-state index contributed by atoms with van der Waals surface area (Å²) in [5, 5.41) is 4.01. The van der Waals surface area contributed by atoms with Gasteiger partial charge in [0.25, 0.3) is 0 Å². The van der Waals surface area contributed by atoms with E-state index in [-0.39, 0.29) is 18.0 Å². The van der Waals surface area contributed by atoms with E-state index in [0.717, 1.165) is 24.4 Å². The minimum Gasteiger partial charge on any atom is -0.496 e. The van der Waals surface area contributed by atoms with Crippen LogP contribution in [0.25, 0.3) is 0 Å². The molecular formula is C34H45N3O3S. The first-order valence-electron chi connectivity index (χ1n) is 15.0. The molecule has 5 rings (SSSR count). The molecule has 3 aromatic carbocycles. The maximum absolute atomic E-state index is 12.7. The number of rotatable bonds is 10. The molecule has 4 atom stereocenters. The molecule has 0 amide bonds. The lowest BCUT2D eigenvalue weighted by Crippen LogP contribution is -2.48. The zero-order valence-corrected chi connectivity index (χ0v) is 25.7. The van der Waals surface area contributed by atoms with Gasteiger partial charge in [0.05, 0.1) is 19.1 Å². The first kappa shape index (κ1) is 29.6. The van der Waals surface area contributed by atoms with Crippen molar-refractivity contribution in [3.05, 3.63) is 95.6 Å². The van der Waals surface area contributed by atoms with Crippen LogP contribution in [0.15, 0.2) is 78.9 Å². The van der Waals surface area contributed by atoms with Crippen molar-refractivity contribution in [3.8, 4) is 5.75 Å². The number of ether oxygens (including phenoxy) is 1. The summed E-state index contributed by atoms with van der Waals surface area (Å²) in [6.45, 7) is 6.63. The Morgan fingerprint density at radius 2 is 1.61 bits per heavy atom. The van der Waals surface area contributed by atoms with Crippen LogP contribution < -0.4 is 14.4 Å².